The van der Waals surface area contributed by atoms with Gasteiger partial charge in [0.05, 0.1) is 12.1 Å². The number of hydrogen-bond acceptors (Lipinski definition) is 4. The van der Waals surface area contributed by atoms with Crippen molar-refractivity contribution < 1.29 is 4.74 Å². The van der Waals surface area contributed by atoms with Crippen molar-refractivity contribution in [3.63, 3.8) is 0 Å². The van der Waals surface area contributed by atoms with Crippen LogP contribution in [0.4, 0.5) is 0 Å². The van der Waals surface area contributed by atoms with Gasteiger partial charge in [0.2, 0.25) is 5.88 Å². The van der Waals surface area contributed by atoms with Gasteiger partial charge >= 0.3 is 0 Å². The predicted octanol–water partition coefficient (Wildman–Crippen LogP) is 3.44. The molecule has 4 rings (SSSR count). The molecular formula is C22H27N3OS. The molecule has 0 atom stereocenters. The van der Waals surface area contributed by atoms with Crippen LogP contribution >= 0.6 is 12.2 Å². The average Bonchev–Trinajstić information content (AvgIpc) is 2.72. The van der Waals surface area contributed by atoms with E-state index in [-0.39, 0.29) is 5.54 Å². The molecule has 0 saturated carbocycles. The number of nitrogens with zero attached hydrogens (tertiary/aromatic N) is 3. The van der Waals surface area contributed by atoms with Crippen LogP contribution in [-0.4, -0.2) is 53.6 Å². The molecular weight excluding hydrogens is 354 g/mol. The summed E-state index contributed by atoms with van der Waals surface area (Å²) in [7, 11) is 3.92. The lowest BCUT2D eigenvalue weighted by molar-refractivity contribution is 0.0470. The molecule has 1 saturated heterocycles. The summed E-state index contributed by atoms with van der Waals surface area (Å²) in [5.74, 6) is 0.642. The van der Waals surface area contributed by atoms with Crippen molar-refractivity contribution in [3.8, 4) is 5.88 Å². The zero-order chi connectivity index (χ0) is 18.9. The zero-order valence-corrected chi connectivity index (χ0v) is 17.0. The van der Waals surface area contributed by atoms with Crippen molar-refractivity contribution in [2.75, 3.05) is 33.8 Å². The third-order valence-corrected chi connectivity index (χ3v) is 6.67. The first kappa shape index (κ1) is 18.4. The van der Waals surface area contributed by atoms with Crippen molar-refractivity contribution in [2.24, 2.45) is 0 Å². The molecule has 1 fully saturated rings. The fraction of sp³-hybridized carbons (Fsp3) is 0.455. The highest BCUT2D eigenvalue weighted by Crippen LogP contribution is 2.42. The molecule has 2 aromatic rings. The van der Waals surface area contributed by atoms with Gasteiger partial charge in [-0.2, -0.15) is 0 Å². The Morgan fingerprint density at radius 2 is 1.93 bits per heavy atom. The number of pyridine rings is 1. The van der Waals surface area contributed by atoms with E-state index < -0.39 is 0 Å². The van der Waals surface area contributed by atoms with E-state index in [0.29, 0.717) is 5.88 Å². The van der Waals surface area contributed by atoms with E-state index >= 15 is 0 Å². The number of rotatable bonds is 3. The second-order valence-electron chi connectivity index (χ2n) is 7.63. The van der Waals surface area contributed by atoms with E-state index in [1.807, 2.05) is 12.3 Å². The Morgan fingerprint density at radius 1 is 1.15 bits per heavy atom. The molecule has 1 aromatic carbocycles. The number of fused-ring (bicyclic) bond motifs is 2. The van der Waals surface area contributed by atoms with Gasteiger partial charge in [0.1, 0.15) is 0 Å². The van der Waals surface area contributed by atoms with E-state index in [2.05, 4.69) is 52.2 Å². The number of benzene rings is 1. The number of aromatic nitrogens is 1. The number of thiocarbonyl (C=S) groups is 1. The Kier molecular flexibility index (Phi) is 5.15. The van der Waals surface area contributed by atoms with Crippen LogP contribution in [-0.2, 0) is 18.4 Å². The fourth-order valence-electron chi connectivity index (χ4n) is 4.60. The Balaban J connectivity index is 1.44. The monoisotopic (exact) mass is 381 g/mol. The Hall–Kier alpha value is -1.98. The number of likely N-dealkylation sites (N-methyl/N-ethyl adjacent to an activating group) is 1. The Labute approximate surface area is 167 Å². The summed E-state index contributed by atoms with van der Waals surface area (Å²) in [6, 6.07) is 12.9. The van der Waals surface area contributed by atoms with E-state index in [4.69, 9.17) is 17.0 Å². The number of piperidine rings is 1. The molecule has 142 valence electrons. The van der Waals surface area contributed by atoms with Crippen LogP contribution < -0.4 is 4.74 Å². The first-order valence-electron chi connectivity index (χ1n) is 9.69. The minimum atomic E-state index is 0.169. The minimum Gasteiger partial charge on any atom is -0.481 e. The third-order valence-electron chi connectivity index (χ3n) is 6.27. The molecule has 1 spiro atoms. The minimum absolute atomic E-state index is 0.169. The van der Waals surface area contributed by atoms with Crippen molar-refractivity contribution in [1.82, 2.24) is 14.8 Å². The van der Waals surface area contributed by atoms with Gasteiger partial charge in [0.25, 0.3) is 0 Å². The smallest absolute Gasteiger partial charge is 0.212 e. The summed E-state index contributed by atoms with van der Waals surface area (Å²) in [4.78, 5) is 10.3. The maximum absolute atomic E-state index is 5.77. The summed E-state index contributed by atoms with van der Waals surface area (Å²) < 4.78 is 5.13. The molecule has 5 heteroatoms. The first-order chi connectivity index (χ1) is 13.1. The highest BCUT2D eigenvalue weighted by molar-refractivity contribution is 7.80. The van der Waals surface area contributed by atoms with Crippen LogP contribution in [0.15, 0.2) is 42.6 Å². The van der Waals surface area contributed by atoms with Crippen LogP contribution in [0.3, 0.4) is 0 Å². The second-order valence-corrected chi connectivity index (χ2v) is 8.10. The van der Waals surface area contributed by atoms with E-state index in [1.165, 1.54) is 11.1 Å². The van der Waals surface area contributed by atoms with Crippen molar-refractivity contribution >= 4 is 17.2 Å². The highest BCUT2D eigenvalue weighted by atomic mass is 32.1. The molecule has 0 radical (unpaired) electrons. The molecule has 0 aliphatic carbocycles. The molecule has 2 aliphatic heterocycles. The van der Waals surface area contributed by atoms with Gasteiger partial charge < -0.3 is 9.64 Å². The lowest BCUT2D eigenvalue weighted by atomic mass is 9.74. The van der Waals surface area contributed by atoms with Crippen LogP contribution in [0.1, 0.15) is 29.5 Å². The summed E-state index contributed by atoms with van der Waals surface area (Å²) in [6.45, 7) is 3.17. The van der Waals surface area contributed by atoms with Crippen LogP contribution in [0.2, 0.25) is 0 Å². The standard InChI is InChI=1S/C22H27N3OS/c1-24-12-9-18-5-3-4-6-19(18)22(24)10-13-25(14-11-22)21(27)15-17-7-8-20(26-2)23-16-17/h3-8,16H,9-15H2,1-2H3. The van der Waals surface area contributed by atoms with Gasteiger partial charge in [-0.25, -0.2) is 4.98 Å². The number of likely N-dealkylation sites (tertiary alicyclic amines) is 1. The molecule has 0 bridgehead atoms. The summed E-state index contributed by atoms with van der Waals surface area (Å²) >= 11 is 5.77. The zero-order valence-electron chi connectivity index (χ0n) is 16.1. The molecule has 27 heavy (non-hydrogen) atoms. The van der Waals surface area contributed by atoms with Crippen molar-refractivity contribution in [2.45, 2.75) is 31.2 Å². The summed E-state index contributed by atoms with van der Waals surface area (Å²) in [5.41, 5.74) is 4.36. The maximum atomic E-state index is 5.77. The Morgan fingerprint density at radius 3 is 2.63 bits per heavy atom. The summed E-state index contributed by atoms with van der Waals surface area (Å²) in [6.07, 6.45) is 6.04. The van der Waals surface area contributed by atoms with E-state index in [0.717, 1.165) is 55.9 Å². The molecule has 0 amide bonds. The van der Waals surface area contributed by atoms with E-state index in [1.54, 1.807) is 7.11 Å². The highest BCUT2D eigenvalue weighted by Gasteiger charge is 2.43. The topological polar surface area (TPSA) is 28.6 Å². The van der Waals surface area contributed by atoms with Gasteiger partial charge in [-0.3, -0.25) is 4.90 Å². The van der Waals surface area contributed by atoms with Gasteiger partial charge in [-0.05, 0) is 43.0 Å². The van der Waals surface area contributed by atoms with Crippen LogP contribution in [0, 0.1) is 0 Å². The molecule has 0 N–H and O–H groups in total. The third kappa shape index (κ3) is 3.46. The van der Waals surface area contributed by atoms with Crippen LogP contribution in [0.25, 0.3) is 0 Å². The van der Waals surface area contributed by atoms with Gasteiger partial charge in [0, 0.05) is 43.9 Å². The summed E-state index contributed by atoms with van der Waals surface area (Å²) in [5, 5.41) is 0. The normalized spacial score (nSPS) is 19.0. The maximum Gasteiger partial charge on any atom is 0.212 e. The molecule has 4 nitrogen and oxygen atoms in total. The number of ether oxygens (including phenoxy) is 1. The predicted molar refractivity (Wildman–Crippen MR) is 112 cm³/mol. The number of hydrogen-bond donors (Lipinski definition) is 0. The molecule has 1 aromatic heterocycles. The second kappa shape index (κ2) is 7.56. The quantitative estimate of drug-likeness (QED) is 0.760. The van der Waals surface area contributed by atoms with Gasteiger partial charge in [-0.1, -0.05) is 42.5 Å². The molecule has 0 unspecified atom stereocenters. The lowest BCUT2D eigenvalue weighted by Gasteiger charge is -2.51. The van der Waals surface area contributed by atoms with E-state index in [9.17, 15) is 0 Å². The Bertz CT molecular complexity index is 813. The van der Waals surface area contributed by atoms with Crippen molar-refractivity contribution in [1.29, 1.82) is 0 Å². The first-order valence-corrected chi connectivity index (χ1v) is 10.1. The van der Waals surface area contributed by atoms with Crippen molar-refractivity contribution in [3.05, 3.63) is 59.3 Å². The molecule has 3 heterocycles. The number of methoxy groups -OCH3 is 1. The fourth-order valence-corrected chi connectivity index (χ4v) is 4.95. The SMILES string of the molecule is COc1ccc(CC(=S)N2CCC3(CC2)c2ccccc2CCN3C)cn1. The van der Waals surface area contributed by atoms with Gasteiger partial charge in [-0.15, -0.1) is 0 Å². The van der Waals surface area contributed by atoms with Gasteiger partial charge in [0.15, 0.2) is 0 Å². The largest absolute Gasteiger partial charge is 0.481 e. The van der Waals surface area contributed by atoms with Crippen LogP contribution in [0.5, 0.6) is 5.88 Å². The average molecular weight is 382 g/mol. The lowest BCUT2D eigenvalue weighted by Crippen LogP contribution is -2.55. The molecule has 2 aliphatic rings.